The van der Waals surface area contributed by atoms with Gasteiger partial charge < -0.3 is 4.74 Å². The number of halogens is 1. The van der Waals surface area contributed by atoms with Crippen molar-refractivity contribution in [1.82, 2.24) is 0 Å². The second kappa shape index (κ2) is 11.6. The number of hydrogen-bond donors (Lipinski definition) is 0. The van der Waals surface area contributed by atoms with E-state index in [0.29, 0.717) is 11.3 Å². The predicted molar refractivity (Wildman–Crippen MR) is 140 cm³/mol. The first-order valence-corrected chi connectivity index (χ1v) is 11.3. The number of ether oxygens (including phenoxy) is 1. The molecule has 0 aliphatic heterocycles. The quantitative estimate of drug-likeness (QED) is 0.0827. The van der Waals surface area contributed by atoms with Gasteiger partial charge in [0.2, 0.25) is 0 Å². The summed E-state index contributed by atoms with van der Waals surface area (Å²) in [6.07, 6.45) is 4.78. The van der Waals surface area contributed by atoms with Gasteiger partial charge in [-0.2, -0.15) is 10.2 Å². The van der Waals surface area contributed by atoms with E-state index in [4.69, 9.17) is 4.74 Å². The van der Waals surface area contributed by atoms with Gasteiger partial charge in [-0.15, -0.1) is 0 Å². The zero-order valence-corrected chi connectivity index (χ0v) is 19.7. The number of hydrogen-bond acceptors (Lipinski definition) is 5. The zero-order valence-electron chi connectivity index (χ0n) is 18.1. The van der Waals surface area contributed by atoms with Crippen LogP contribution in [0, 0.1) is 0 Å². The summed E-state index contributed by atoms with van der Waals surface area (Å²) in [7, 11) is 0. The van der Waals surface area contributed by atoms with Crippen molar-refractivity contribution in [3.05, 3.63) is 125 Å². The van der Waals surface area contributed by atoms with E-state index in [1.54, 1.807) is 18.4 Å². The topological polar surface area (TPSA) is 63.4 Å². The number of para-hydroxylation sites is 1. The van der Waals surface area contributed by atoms with Gasteiger partial charge in [-0.1, -0.05) is 58.4 Å². The maximum atomic E-state index is 12.3. The average Bonchev–Trinajstić information content (AvgIpc) is 2.88. The summed E-state index contributed by atoms with van der Waals surface area (Å²) in [6.45, 7) is 0. The predicted octanol–water partition coefficient (Wildman–Crippen LogP) is 8.23. The molecule has 0 unspecified atom stereocenters. The van der Waals surface area contributed by atoms with Gasteiger partial charge in [0.1, 0.15) is 5.75 Å². The highest BCUT2D eigenvalue weighted by molar-refractivity contribution is 9.10. The second-order valence-corrected chi connectivity index (χ2v) is 8.07. The Morgan fingerprint density at radius 2 is 1.32 bits per heavy atom. The molecule has 166 valence electrons. The van der Waals surface area contributed by atoms with E-state index >= 15 is 0 Å². The molecule has 0 saturated heterocycles. The van der Waals surface area contributed by atoms with Crippen LogP contribution in [0.15, 0.2) is 129 Å². The van der Waals surface area contributed by atoms with Crippen molar-refractivity contribution in [3.8, 4) is 5.75 Å². The standard InChI is InChI=1S/C28H20BrN3O2/c29-23-13-10-21(11-14-23)12-19-28(33)34-27-9-5-4-6-22(27)20-30-24-15-17-26(18-16-24)32-31-25-7-2-1-3-8-25/h1-20H/b19-12+,30-20?,32-31?. The lowest BCUT2D eigenvalue weighted by atomic mass is 10.2. The van der Waals surface area contributed by atoms with E-state index in [1.807, 2.05) is 97.1 Å². The Morgan fingerprint density at radius 3 is 2.06 bits per heavy atom. The van der Waals surface area contributed by atoms with Crippen molar-refractivity contribution >= 4 is 51.3 Å². The minimum Gasteiger partial charge on any atom is -0.423 e. The van der Waals surface area contributed by atoms with Crippen molar-refractivity contribution in [2.45, 2.75) is 0 Å². The summed E-state index contributed by atoms with van der Waals surface area (Å²) in [4.78, 5) is 16.8. The Morgan fingerprint density at radius 1 is 0.706 bits per heavy atom. The lowest BCUT2D eigenvalue weighted by molar-refractivity contribution is -0.128. The first-order valence-electron chi connectivity index (χ1n) is 10.5. The number of carbonyl (C=O) groups is 1. The van der Waals surface area contributed by atoms with E-state index in [9.17, 15) is 4.79 Å². The fourth-order valence-electron chi connectivity index (χ4n) is 2.92. The first-order chi connectivity index (χ1) is 16.7. The molecule has 6 heteroatoms. The van der Waals surface area contributed by atoms with Gasteiger partial charge in [0.15, 0.2) is 0 Å². The normalized spacial score (nSPS) is 11.4. The largest absolute Gasteiger partial charge is 0.423 e. The van der Waals surface area contributed by atoms with Gasteiger partial charge in [-0.3, -0.25) is 4.99 Å². The molecule has 0 aliphatic rings. The Balaban J connectivity index is 1.40. The lowest BCUT2D eigenvalue weighted by Gasteiger charge is -2.05. The van der Waals surface area contributed by atoms with E-state index in [2.05, 4.69) is 31.2 Å². The number of nitrogens with zero attached hydrogens (tertiary/aromatic N) is 3. The zero-order chi connectivity index (χ0) is 23.6. The highest BCUT2D eigenvalue weighted by atomic mass is 79.9. The third-order valence-corrected chi connectivity index (χ3v) is 5.18. The van der Waals surface area contributed by atoms with Crippen molar-refractivity contribution in [2.75, 3.05) is 0 Å². The molecule has 0 saturated carbocycles. The summed E-state index contributed by atoms with van der Waals surface area (Å²) in [6, 6.07) is 31.8. The number of azo groups is 1. The Bertz CT molecular complexity index is 1330. The number of carbonyl (C=O) groups excluding carboxylic acids is 1. The minimum absolute atomic E-state index is 0.435. The van der Waals surface area contributed by atoms with Crippen LogP contribution in [0.25, 0.3) is 6.08 Å². The van der Waals surface area contributed by atoms with Crippen LogP contribution in [0.3, 0.4) is 0 Å². The van der Waals surface area contributed by atoms with Crippen LogP contribution in [0.2, 0.25) is 0 Å². The summed E-state index contributed by atoms with van der Waals surface area (Å²) in [5.41, 5.74) is 3.87. The van der Waals surface area contributed by atoms with Crippen LogP contribution in [0.1, 0.15) is 11.1 Å². The molecule has 0 atom stereocenters. The Hall–Kier alpha value is -4.16. The molecule has 0 aliphatic carbocycles. The SMILES string of the molecule is O=C(/C=C/c1ccc(Br)cc1)Oc1ccccc1C=Nc1ccc(N=Nc2ccccc2)cc1. The Kier molecular flexibility index (Phi) is 7.87. The molecule has 0 amide bonds. The lowest BCUT2D eigenvalue weighted by Crippen LogP contribution is -2.05. The van der Waals surface area contributed by atoms with Crippen molar-refractivity contribution < 1.29 is 9.53 Å². The summed E-state index contributed by atoms with van der Waals surface area (Å²) < 4.78 is 6.50. The monoisotopic (exact) mass is 509 g/mol. The molecule has 34 heavy (non-hydrogen) atoms. The second-order valence-electron chi connectivity index (χ2n) is 7.15. The number of esters is 1. The van der Waals surface area contributed by atoms with E-state index in [0.717, 1.165) is 27.1 Å². The van der Waals surface area contributed by atoms with E-state index in [-0.39, 0.29) is 0 Å². The molecule has 4 rings (SSSR count). The minimum atomic E-state index is -0.461. The highest BCUT2D eigenvalue weighted by Crippen LogP contribution is 2.23. The molecule has 5 nitrogen and oxygen atoms in total. The molecular formula is C28H20BrN3O2. The smallest absolute Gasteiger partial charge is 0.336 e. The number of aliphatic imine (C=N–C) groups is 1. The fourth-order valence-corrected chi connectivity index (χ4v) is 3.18. The van der Waals surface area contributed by atoms with E-state index < -0.39 is 5.97 Å². The van der Waals surface area contributed by atoms with Crippen LogP contribution in [-0.2, 0) is 4.79 Å². The number of rotatable bonds is 7. The van der Waals surface area contributed by atoms with Gasteiger partial charge in [0.05, 0.1) is 17.1 Å². The first kappa shape index (κ1) is 23.0. The molecule has 4 aromatic carbocycles. The Labute approximate surface area is 206 Å². The van der Waals surface area contributed by atoms with Crippen LogP contribution in [-0.4, -0.2) is 12.2 Å². The molecule has 0 fully saturated rings. The molecule has 4 aromatic rings. The van der Waals surface area contributed by atoms with Gasteiger partial charge in [0, 0.05) is 22.3 Å². The molecule has 0 radical (unpaired) electrons. The third kappa shape index (κ3) is 6.92. The maximum absolute atomic E-state index is 12.3. The van der Waals surface area contributed by atoms with Gasteiger partial charge in [-0.25, -0.2) is 4.79 Å². The van der Waals surface area contributed by atoms with Crippen molar-refractivity contribution in [2.24, 2.45) is 15.2 Å². The van der Waals surface area contributed by atoms with Gasteiger partial charge in [-0.05, 0) is 72.3 Å². The third-order valence-electron chi connectivity index (χ3n) is 4.65. The molecule has 0 bridgehead atoms. The van der Waals surface area contributed by atoms with Gasteiger partial charge >= 0.3 is 5.97 Å². The van der Waals surface area contributed by atoms with Crippen molar-refractivity contribution in [3.63, 3.8) is 0 Å². The van der Waals surface area contributed by atoms with Crippen LogP contribution < -0.4 is 4.74 Å². The number of benzene rings is 4. The molecule has 0 aromatic heterocycles. The van der Waals surface area contributed by atoms with E-state index in [1.165, 1.54) is 6.08 Å². The summed E-state index contributed by atoms with van der Waals surface area (Å²) >= 11 is 3.39. The van der Waals surface area contributed by atoms with Crippen molar-refractivity contribution in [1.29, 1.82) is 0 Å². The van der Waals surface area contributed by atoms with Crippen LogP contribution >= 0.6 is 15.9 Å². The summed E-state index contributed by atoms with van der Waals surface area (Å²) in [5, 5.41) is 8.44. The molecule has 0 N–H and O–H groups in total. The highest BCUT2D eigenvalue weighted by Gasteiger charge is 2.05. The fraction of sp³-hybridized carbons (Fsp3) is 0. The molecule has 0 heterocycles. The molecular weight excluding hydrogens is 490 g/mol. The molecule has 0 spiro atoms. The van der Waals surface area contributed by atoms with Crippen LogP contribution in [0.5, 0.6) is 5.75 Å². The maximum Gasteiger partial charge on any atom is 0.336 e. The summed E-state index contributed by atoms with van der Waals surface area (Å²) in [5.74, 6) is -0.0260. The van der Waals surface area contributed by atoms with Crippen LogP contribution in [0.4, 0.5) is 17.1 Å². The van der Waals surface area contributed by atoms with Gasteiger partial charge in [0.25, 0.3) is 0 Å². The average molecular weight is 510 g/mol.